The molecular weight excluding hydrogens is 312 g/mol. The average Bonchev–Trinajstić information content (AvgIpc) is 2.39. The van der Waals surface area contributed by atoms with Crippen LogP contribution in [0.4, 0.5) is 5.69 Å². The standard InChI is InChI=1S/C13H11BrN2O3/c1-9-2-5-13(12(6-9)16(17)18)19-8-11-4-3-10(14)7-15-11/h2-7H,8H2,1H3. The molecule has 0 saturated carbocycles. The zero-order valence-corrected chi connectivity index (χ0v) is 11.8. The van der Waals surface area contributed by atoms with Gasteiger partial charge in [-0.05, 0) is 46.6 Å². The van der Waals surface area contributed by atoms with E-state index in [1.807, 2.05) is 6.07 Å². The van der Waals surface area contributed by atoms with E-state index in [2.05, 4.69) is 20.9 Å². The molecule has 0 atom stereocenters. The van der Waals surface area contributed by atoms with E-state index >= 15 is 0 Å². The molecule has 0 aliphatic carbocycles. The van der Waals surface area contributed by atoms with Crippen LogP contribution in [-0.2, 0) is 6.61 Å². The van der Waals surface area contributed by atoms with Crippen molar-refractivity contribution in [3.8, 4) is 5.75 Å². The zero-order chi connectivity index (χ0) is 13.8. The summed E-state index contributed by atoms with van der Waals surface area (Å²) in [5, 5.41) is 10.9. The van der Waals surface area contributed by atoms with E-state index in [0.29, 0.717) is 5.69 Å². The van der Waals surface area contributed by atoms with Gasteiger partial charge >= 0.3 is 5.69 Å². The molecule has 0 amide bonds. The Hall–Kier alpha value is -1.95. The van der Waals surface area contributed by atoms with Gasteiger partial charge in [-0.3, -0.25) is 15.1 Å². The minimum atomic E-state index is -0.447. The summed E-state index contributed by atoms with van der Waals surface area (Å²) in [6.45, 7) is 1.99. The zero-order valence-electron chi connectivity index (χ0n) is 10.2. The first kappa shape index (κ1) is 13.5. The van der Waals surface area contributed by atoms with E-state index in [-0.39, 0.29) is 18.0 Å². The molecular formula is C13H11BrN2O3. The summed E-state index contributed by atoms with van der Waals surface area (Å²) in [7, 11) is 0. The van der Waals surface area contributed by atoms with E-state index < -0.39 is 4.92 Å². The molecule has 1 aromatic heterocycles. The molecule has 1 aromatic carbocycles. The predicted molar refractivity (Wildman–Crippen MR) is 74.1 cm³/mol. The first-order valence-electron chi connectivity index (χ1n) is 5.54. The van der Waals surface area contributed by atoms with Gasteiger partial charge in [0.15, 0.2) is 5.75 Å². The summed E-state index contributed by atoms with van der Waals surface area (Å²) < 4.78 is 6.33. The number of nitro benzene ring substituents is 1. The highest BCUT2D eigenvalue weighted by atomic mass is 79.9. The number of benzene rings is 1. The normalized spacial score (nSPS) is 10.2. The summed E-state index contributed by atoms with van der Waals surface area (Å²) in [6.07, 6.45) is 1.66. The average molecular weight is 323 g/mol. The second-order valence-electron chi connectivity index (χ2n) is 3.98. The summed E-state index contributed by atoms with van der Waals surface area (Å²) in [4.78, 5) is 14.6. The third-order valence-corrected chi connectivity index (χ3v) is 2.94. The van der Waals surface area contributed by atoms with Crippen molar-refractivity contribution in [2.45, 2.75) is 13.5 Å². The largest absolute Gasteiger partial charge is 0.480 e. The van der Waals surface area contributed by atoms with Gasteiger partial charge in [-0.2, -0.15) is 0 Å². The molecule has 19 heavy (non-hydrogen) atoms. The smallest absolute Gasteiger partial charge is 0.311 e. The molecule has 0 saturated heterocycles. The van der Waals surface area contributed by atoms with E-state index in [1.165, 1.54) is 6.07 Å². The maximum atomic E-state index is 10.9. The Kier molecular flexibility index (Phi) is 4.11. The number of aromatic nitrogens is 1. The first-order chi connectivity index (χ1) is 9.06. The van der Waals surface area contributed by atoms with Crippen LogP contribution in [0.1, 0.15) is 11.3 Å². The van der Waals surface area contributed by atoms with Gasteiger partial charge in [0.1, 0.15) is 6.61 Å². The van der Waals surface area contributed by atoms with E-state index in [4.69, 9.17) is 4.74 Å². The Bertz CT molecular complexity index is 599. The Morgan fingerprint density at radius 1 is 1.37 bits per heavy atom. The minimum Gasteiger partial charge on any atom is -0.480 e. The number of aryl methyl sites for hydroxylation is 1. The summed E-state index contributed by atoms with van der Waals surface area (Å²) in [5.74, 6) is 0.250. The molecule has 0 N–H and O–H groups in total. The lowest BCUT2D eigenvalue weighted by atomic mass is 10.2. The molecule has 0 spiro atoms. The molecule has 0 aliphatic rings. The molecule has 2 rings (SSSR count). The van der Waals surface area contributed by atoms with Gasteiger partial charge in [0.05, 0.1) is 10.6 Å². The number of ether oxygens (including phenoxy) is 1. The van der Waals surface area contributed by atoms with Crippen molar-refractivity contribution in [1.29, 1.82) is 0 Å². The highest BCUT2D eigenvalue weighted by molar-refractivity contribution is 9.10. The molecule has 0 radical (unpaired) electrons. The fraction of sp³-hybridized carbons (Fsp3) is 0.154. The van der Waals surface area contributed by atoms with E-state index in [9.17, 15) is 10.1 Å². The summed E-state index contributed by atoms with van der Waals surface area (Å²) >= 11 is 3.29. The van der Waals surface area contributed by atoms with Gasteiger partial charge in [0.2, 0.25) is 0 Å². The highest BCUT2D eigenvalue weighted by Crippen LogP contribution is 2.28. The molecule has 0 fully saturated rings. The quantitative estimate of drug-likeness (QED) is 0.636. The molecule has 0 bridgehead atoms. The van der Waals surface area contributed by atoms with Crippen molar-refractivity contribution >= 4 is 21.6 Å². The van der Waals surface area contributed by atoms with Crippen LogP contribution >= 0.6 is 15.9 Å². The lowest BCUT2D eigenvalue weighted by Gasteiger charge is -2.07. The molecule has 5 nitrogen and oxygen atoms in total. The summed E-state index contributed by atoms with van der Waals surface area (Å²) in [6, 6.07) is 8.51. The van der Waals surface area contributed by atoms with Crippen LogP contribution in [0.5, 0.6) is 5.75 Å². The van der Waals surface area contributed by atoms with Crippen LogP contribution < -0.4 is 4.74 Å². The lowest BCUT2D eigenvalue weighted by Crippen LogP contribution is -2.01. The van der Waals surface area contributed by atoms with Gasteiger partial charge in [0, 0.05) is 16.7 Å². The molecule has 2 aromatic rings. The lowest BCUT2D eigenvalue weighted by molar-refractivity contribution is -0.386. The van der Waals surface area contributed by atoms with Gasteiger partial charge < -0.3 is 4.74 Å². The van der Waals surface area contributed by atoms with Gasteiger partial charge in [0.25, 0.3) is 0 Å². The maximum Gasteiger partial charge on any atom is 0.311 e. The Morgan fingerprint density at radius 3 is 2.79 bits per heavy atom. The van der Waals surface area contributed by atoms with Crippen molar-refractivity contribution < 1.29 is 9.66 Å². The van der Waals surface area contributed by atoms with Crippen molar-refractivity contribution in [2.75, 3.05) is 0 Å². The maximum absolute atomic E-state index is 10.9. The molecule has 6 heteroatoms. The van der Waals surface area contributed by atoms with Crippen LogP contribution in [0.2, 0.25) is 0 Å². The number of hydrogen-bond acceptors (Lipinski definition) is 4. The fourth-order valence-corrected chi connectivity index (χ4v) is 1.77. The first-order valence-corrected chi connectivity index (χ1v) is 6.34. The van der Waals surface area contributed by atoms with Crippen LogP contribution in [0.3, 0.4) is 0 Å². The van der Waals surface area contributed by atoms with Gasteiger partial charge in [-0.15, -0.1) is 0 Å². The number of nitro groups is 1. The van der Waals surface area contributed by atoms with E-state index in [0.717, 1.165) is 10.0 Å². The number of rotatable bonds is 4. The van der Waals surface area contributed by atoms with Gasteiger partial charge in [-0.1, -0.05) is 6.07 Å². The van der Waals surface area contributed by atoms with Crippen LogP contribution in [-0.4, -0.2) is 9.91 Å². The third-order valence-electron chi connectivity index (χ3n) is 2.48. The Morgan fingerprint density at radius 2 is 2.16 bits per heavy atom. The second-order valence-corrected chi connectivity index (χ2v) is 4.90. The third kappa shape index (κ3) is 3.51. The van der Waals surface area contributed by atoms with Crippen molar-refractivity contribution in [3.63, 3.8) is 0 Å². The van der Waals surface area contributed by atoms with Crippen LogP contribution in [0, 0.1) is 17.0 Å². The Labute approximate surface area is 118 Å². The number of pyridine rings is 1. The molecule has 0 unspecified atom stereocenters. The van der Waals surface area contributed by atoms with Crippen molar-refractivity contribution in [1.82, 2.24) is 4.98 Å². The minimum absolute atomic E-state index is 0.0305. The summed E-state index contributed by atoms with van der Waals surface area (Å²) in [5.41, 5.74) is 1.50. The topological polar surface area (TPSA) is 65.3 Å². The molecule has 98 valence electrons. The number of nitrogens with zero attached hydrogens (tertiary/aromatic N) is 2. The fourth-order valence-electron chi connectivity index (χ4n) is 1.54. The number of hydrogen-bond donors (Lipinski definition) is 0. The highest BCUT2D eigenvalue weighted by Gasteiger charge is 2.15. The van der Waals surface area contributed by atoms with Crippen molar-refractivity contribution in [3.05, 3.63) is 62.4 Å². The second kappa shape index (κ2) is 5.79. The van der Waals surface area contributed by atoms with Crippen LogP contribution in [0.25, 0.3) is 0 Å². The SMILES string of the molecule is Cc1ccc(OCc2ccc(Br)cn2)c([N+](=O)[O-])c1. The monoisotopic (exact) mass is 322 g/mol. The molecule has 1 heterocycles. The van der Waals surface area contributed by atoms with Crippen LogP contribution in [0.15, 0.2) is 41.0 Å². The van der Waals surface area contributed by atoms with Gasteiger partial charge in [-0.25, -0.2) is 0 Å². The van der Waals surface area contributed by atoms with Crippen molar-refractivity contribution in [2.24, 2.45) is 0 Å². The Balaban J connectivity index is 2.15. The predicted octanol–water partition coefficient (Wildman–Crippen LogP) is 3.64. The van der Waals surface area contributed by atoms with E-state index in [1.54, 1.807) is 31.3 Å². The molecule has 0 aliphatic heterocycles. The number of halogens is 1.